The predicted octanol–water partition coefficient (Wildman–Crippen LogP) is 2.51. The van der Waals surface area contributed by atoms with Gasteiger partial charge < -0.3 is 15.8 Å². The van der Waals surface area contributed by atoms with Gasteiger partial charge >= 0.3 is 0 Å². The first kappa shape index (κ1) is 18.7. The van der Waals surface area contributed by atoms with Crippen LogP contribution in [0.5, 0.6) is 5.75 Å². The summed E-state index contributed by atoms with van der Waals surface area (Å²) in [7, 11) is 0. The third kappa shape index (κ3) is 5.14. The average molecular weight is 331 g/mol. The zero-order valence-corrected chi connectivity index (χ0v) is 13.6. The molecule has 1 saturated carbocycles. The van der Waals surface area contributed by atoms with E-state index in [1.165, 1.54) is 12.1 Å². The van der Waals surface area contributed by atoms with Crippen molar-refractivity contribution in [3.63, 3.8) is 0 Å². The Morgan fingerprint density at radius 3 is 2.95 bits per heavy atom. The monoisotopic (exact) mass is 330 g/mol. The van der Waals surface area contributed by atoms with E-state index in [2.05, 4.69) is 5.32 Å². The van der Waals surface area contributed by atoms with Crippen molar-refractivity contribution in [1.82, 2.24) is 5.32 Å². The summed E-state index contributed by atoms with van der Waals surface area (Å²) in [6.07, 6.45) is 3.00. The summed E-state index contributed by atoms with van der Waals surface area (Å²) in [5.41, 5.74) is 5.70. The smallest absolute Gasteiger partial charge is 0.223 e. The van der Waals surface area contributed by atoms with Crippen LogP contribution in [0.4, 0.5) is 4.39 Å². The molecule has 1 aromatic rings. The zero-order chi connectivity index (χ0) is 15.2. The molecule has 0 aliphatic heterocycles. The minimum Gasteiger partial charge on any atom is -0.491 e. The number of nitrogens with one attached hydrogen (secondary N) is 1. The second-order valence-corrected chi connectivity index (χ2v) is 5.71. The Balaban J connectivity index is 0.00000242. The summed E-state index contributed by atoms with van der Waals surface area (Å²) in [5, 5.41) is 2.96. The maximum Gasteiger partial charge on any atom is 0.223 e. The van der Waals surface area contributed by atoms with Gasteiger partial charge in [0.25, 0.3) is 0 Å². The third-order valence-electron chi connectivity index (χ3n) is 3.98. The van der Waals surface area contributed by atoms with E-state index in [0.717, 1.165) is 19.3 Å². The first-order chi connectivity index (χ1) is 10.1. The number of amides is 1. The highest BCUT2D eigenvalue weighted by Gasteiger charge is 2.32. The lowest BCUT2D eigenvalue weighted by molar-refractivity contribution is -0.126. The number of hydrogen-bond acceptors (Lipinski definition) is 3. The highest BCUT2D eigenvalue weighted by Crippen LogP contribution is 2.31. The summed E-state index contributed by atoms with van der Waals surface area (Å²) in [5.74, 6) is 0.504. The van der Waals surface area contributed by atoms with E-state index in [1.54, 1.807) is 12.1 Å². The van der Waals surface area contributed by atoms with Gasteiger partial charge in [-0.05, 0) is 44.4 Å². The molecule has 2 rings (SSSR count). The summed E-state index contributed by atoms with van der Waals surface area (Å²) < 4.78 is 18.5. The molecular formula is C16H24ClFN2O2. The first-order valence-corrected chi connectivity index (χ1v) is 7.49. The van der Waals surface area contributed by atoms with E-state index in [0.29, 0.717) is 24.8 Å². The number of halogens is 2. The quantitative estimate of drug-likeness (QED) is 0.842. The van der Waals surface area contributed by atoms with Gasteiger partial charge in [-0.15, -0.1) is 12.4 Å². The molecule has 1 aromatic carbocycles. The number of ether oxygens (including phenoxy) is 1. The number of carbonyl (C=O) groups is 1. The second kappa shape index (κ2) is 8.96. The van der Waals surface area contributed by atoms with Crippen LogP contribution in [0, 0.1) is 17.7 Å². The van der Waals surface area contributed by atoms with Crippen molar-refractivity contribution in [2.45, 2.75) is 32.2 Å². The second-order valence-electron chi connectivity index (χ2n) is 5.71. The van der Waals surface area contributed by atoms with Gasteiger partial charge in [-0.2, -0.15) is 0 Å². The minimum absolute atomic E-state index is 0. The largest absolute Gasteiger partial charge is 0.491 e. The van der Waals surface area contributed by atoms with Gasteiger partial charge in [0.15, 0.2) is 0 Å². The van der Waals surface area contributed by atoms with Gasteiger partial charge in [0.2, 0.25) is 5.91 Å². The third-order valence-corrected chi connectivity index (χ3v) is 3.98. The summed E-state index contributed by atoms with van der Waals surface area (Å²) in [4.78, 5) is 12.2. The Morgan fingerprint density at radius 1 is 1.50 bits per heavy atom. The minimum atomic E-state index is -0.332. The molecule has 1 amide bonds. The van der Waals surface area contributed by atoms with Gasteiger partial charge in [0.05, 0.1) is 6.04 Å². The zero-order valence-electron chi connectivity index (χ0n) is 12.8. The molecule has 3 atom stereocenters. The van der Waals surface area contributed by atoms with Gasteiger partial charge in [-0.3, -0.25) is 4.79 Å². The van der Waals surface area contributed by atoms with Crippen molar-refractivity contribution in [3.8, 4) is 5.75 Å². The van der Waals surface area contributed by atoms with Crippen molar-refractivity contribution < 1.29 is 13.9 Å². The standard InChI is InChI=1S/C16H23FN2O2.ClH/c1-11(10-21-14-6-3-5-13(17)8-14)19-16(20)15-7-2-4-12(15)9-18;/h3,5-6,8,11-12,15H,2,4,7,9-10,18H2,1H3,(H,19,20);1H/t11?,12-,15-;/m1./s1. The van der Waals surface area contributed by atoms with Crippen molar-refractivity contribution in [1.29, 1.82) is 0 Å². The summed E-state index contributed by atoms with van der Waals surface area (Å²) in [6, 6.07) is 5.86. The van der Waals surface area contributed by atoms with Crippen molar-refractivity contribution >= 4 is 18.3 Å². The van der Waals surface area contributed by atoms with Crippen LogP contribution in [0.3, 0.4) is 0 Å². The van der Waals surface area contributed by atoms with Crippen LogP contribution in [0.2, 0.25) is 0 Å². The fourth-order valence-corrected chi connectivity index (χ4v) is 2.83. The fraction of sp³-hybridized carbons (Fsp3) is 0.562. The number of benzene rings is 1. The van der Waals surface area contributed by atoms with Crippen molar-refractivity contribution in [2.24, 2.45) is 17.6 Å². The number of hydrogen-bond donors (Lipinski definition) is 2. The molecule has 0 spiro atoms. The molecule has 0 aromatic heterocycles. The normalized spacial score (nSPS) is 21.8. The SMILES string of the molecule is CC(COc1cccc(F)c1)NC(=O)[C@@H]1CCC[C@@H]1CN.Cl. The highest BCUT2D eigenvalue weighted by atomic mass is 35.5. The van der Waals surface area contributed by atoms with Crippen LogP contribution >= 0.6 is 12.4 Å². The molecule has 1 aliphatic carbocycles. The molecule has 6 heteroatoms. The average Bonchev–Trinajstić information content (AvgIpc) is 2.94. The maximum atomic E-state index is 13.0. The number of nitrogens with two attached hydrogens (primary N) is 1. The Hall–Kier alpha value is -1.33. The highest BCUT2D eigenvalue weighted by molar-refractivity contribution is 5.85. The van der Waals surface area contributed by atoms with Gasteiger partial charge in [0, 0.05) is 12.0 Å². The predicted molar refractivity (Wildman–Crippen MR) is 86.6 cm³/mol. The van der Waals surface area contributed by atoms with Crippen LogP contribution in [0.15, 0.2) is 24.3 Å². The molecule has 124 valence electrons. The molecule has 4 nitrogen and oxygen atoms in total. The Kier molecular flexibility index (Phi) is 7.62. The molecule has 3 N–H and O–H groups in total. The van der Waals surface area contributed by atoms with Gasteiger partial charge in [-0.1, -0.05) is 12.5 Å². The van der Waals surface area contributed by atoms with Gasteiger partial charge in [0.1, 0.15) is 18.2 Å². The molecule has 1 unspecified atom stereocenters. The Labute approximate surface area is 137 Å². The van der Waals surface area contributed by atoms with E-state index in [4.69, 9.17) is 10.5 Å². The van der Waals surface area contributed by atoms with Crippen LogP contribution in [0.25, 0.3) is 0 Å². The molecule has 0 radical (unpaired) electrons. The van der Waals surface area contributed by atoms with Crippen molar-refractivity contribution in [2.75, 3.05) is 13.2 Å². The van der Waals surface area contributed by atoms with Crippen LogP contribution in [-0.4, -0.2) is 25.1 Å². The van der Waals surface area contributed by atoms with Crippen LogP contribution < -0.4 is 15.8 Å². The number of rotatable bonds is 6. The molecule has 0 saturated heterocycles. The van der Waals surface area contributed by atoms with Crippen molar-refractivity contribution in [3.05, 3.63) is 30.1 Å². The molecule has 1 fully saturated rings. The lowest BCUT2D eigenvalue weighted by atomic mass is 9.95. The molecule has 0 heterocycles. The fourth-order valence-electron chi connectivity index (χ4n) is 2.83. The summed E-state index contributed by atoms with van der Waals surface area (Å²) in [6.45, 7) is 2.76. The number of carbonyl (C=O) groups excluding carboxylic acids is 1. The molecule has 22 heavy (non-hydrogen) atoms. The molecular weight excluding hydrogens is 307 g/mol. The maximum absolute atomic E-state index is 13.0. The lowest BCUT2D eigenvalue weighted by Gasteiger charge is -2.21. The molecule has 0 bridgehead atoms. The van der Waals surface area contributed by atoms with Crippen LogP contribution in [-0.2, 0) is 4.79 Å². The van der Waals surface area contributed by atoms with E-state index in [9.17, 15) is 9.18 Å². The first-order valence-electron chi connectivity index (χ1n) is 7.49. The van der Waals surface area contributed by atoms with Gasteiger partial charge in [-0.25, -0.2) is 4.39 Å². The van der Waals surface area contributed by atoms with E-state index < -0.39 is 0 Å². The Bertz CT molecular complexity index is 487. The van der Waals surface area contributed by atoms with E-state index in [1.807, 2.05) is 6.92 Å². The summed E-state index contributed by atoms with van der Waals surface area (Å²) >= 11 is 0. The lowest BCUT2D eigenvalue weighted by Crippen LogP contribution is -2.42. The Morgan fingerprint density at radius 2 is 2.27 bits per heavy atom. The van der Waals surface area contributed by atoms with E-state index in [-0.39, 0.29) is 36.1 Å². The molecule has 1 aliphatic rings. The van der Waals surface area contributed by atoms with E-state index >= 15 is 0 Å². The van der Waals surface area contributed by atoms with Crippen LogP contribution in [0.1, 0.15) is 26.2 Å². The topological polar surface area (TPSA) is 64.3 Å².